The summed E-state index contributed by atoms with van der Waals surface area (Å²) in [5.41, 5.74) is 1.42. The first-order valence-electron chi connectivity index (χ1n) is 5.46. The fraction of sp³-hybridized carbons (Fsp3) is 0.833. The Kier molecular flexibility index (Phi) is 10.2. The molecule has 0 fully saturated rings. The maximum Gasteiger partial charge on any atom is 0.0137 e. The monoisotopic (exact) mass is 200 g/mol. The smallest absolute Gasteiger partial charge is 0.0137 e. The van der Waals surface area contributed by atoms with E-state index >= 15 is 0 Å². The van der Waals surface area contributed by atoms with Crippen molar-refractivity contribution in [3.63, 3.8) is 0 Å². The minimum absolute atomic E-state index is 1.15. The molecule has 78 valence electrons. The highest BCUT2D eigenvalue weighted by Gasteiger charge is 1.94. The molecule has 0 aliphatic carbocycles. The summed E-state index contributed by atoms with van der Waals surface area (Å²) in [6.45, 7) is 6.32. The van der Waals surface area contributed by atoms with Crippen LogP contribution < -0.4 is 0 Å². The average Bonchev–Trinajstić information content (AvgIpc) is 2.11. The SMILES string of the molecule is C=C(CCCCCCCC)CSC. The molecule has 1 heteroatoms. The van der Waals surface area contributed by atoms with Crippen molar-refractivity contribution in [2.45, 2.75) is 51.9 Å². The summed E-state index contributed by atoms with van der Waals surface area (Å²) in [6, 6.07) is 0. The van der Waals surface area contributed by atoms with Gasteiger partial charge in [0.1, 0.15) is 0 Å². The number of thioether (sulfide) groups is 1. The van der Waals surface area contributed by atoms with E-state index in [0.717, 1.165) is 5.75 Å². The Morgan fingerprint density at radius 3 is 2.31 bits per heavy atom. The van der Waals surface area contributed by atoms with Crippen LogP contribution in [0.15, 0.2) is 12.2 Å². The van der Waals surface area contributed by atoms with Crippen LogP contribution in [0.2, 0.25) is 0 Å². The van der Waals surface area contributed by atoms with Crippen molar-refractivity contribution in [2.24, 2.45) is 0 Å². The fourth-order valence-electron chi connectivity index (χ4n) is 1.43. The molecule has 0 atom stereocenters. The number of hydrogen-bond donors (Lipinski definition) is 0. The summed E-state index contributed by atoms with van der Waals surface area (Å²) in [5, 5.41) is 0. The van der Waals surface area contributed by atoms with Crippen LogP contribution in [0.4, 0.5) is 0 Å². The van der Waals surface area contributed by atoms with E-state index in [1.807, 2.05) is 11.8 Å². The number of rotatable bonds is 9. The zero-order valence-corrected chi connectivity index (χ0v) is 10.1. The third kappa shape index (κ3) is 10.0. The Balaban J connectivity index is 3.02. The lowest BCUT2D eigenvalue weighted by atomic mass is 10.1. The largest absolute Gasteiger partial charge is 0.161 e. The molecule has 0 unspecified atom stereocenters. The molecule has 0 N–H and O–H groups in total. The predicted molar refractivity (Wildman–Crippen MR) is 65.5 cm³/mol. The van der Waals surface area contributed by atoms with E-state index in [1.54, 1.807) is 0 Å². The topological polar surface area (TPSA) is 0 Å². The standard InChI is InChI=1S/C12H24S/c1-4-5-6-7-8-9-10-12(2)11-13-3/h2,4-11H2,1,3H3. The lowest BCUT2D eigenvalue weighted by molar-refractivity contribution is 0.607. The van der Waals surface area contributed by atoms with Crippen LogP contribution in [-0.2, 0) is 0 Å². The average molecular weight is 200 g/mol. The molecule has 0 heterocycles. The molecule has 0 saturated heterocycles. The molecule has 13 heavy (non-hydrogen) atoms. The molecule has 0 bridgehead atoms. The van der Waals surface area contributed by atoms with Gasteiger partial charge in [-0.05, 0) is 19.1 Å². The summed E-state index contributed by atoms with van der Waals surface area (Å²) < 4.78 is 0. The van der Waals surface area contributed by atoms with Gasteiger partial charge < -0.3 is 0 Å². The van der Waals surface area contributed by atoms with E-state index in [1.165, 1.54) is 50.5 Å². The summed E-state index contributed by atoms with van der Waals surface area (Å²) in [5.74, 6) is 1.15. The minimum Gasteiger partial charge on any atom is -0.161 e. The van der Waals surface area contributed by atoms with Gasteiger partial charge in [-0.15, -0.1) is 0 Å². The van der Waals surface area contributed by atoms with E-state index in [0.29, 0.717) is 0 Å². The first kappa shape index (κ1) is 13.1. The zero-order chi connectivity index (χ0) is 9.94. The Hall–Kier alpha value is 0.0900. The molecule has 0 aromatic heterocycles. The molecule has 0 rings (SSSR count). The van der Waals surface area contributed by atoms with Gasteiger partial charge in [0.25, 0.3) is 0 Å². The Morgan fingerprint density at radius 1 is 1.08 bits per heavy atom. The molecule has 0 aromatic carbocycles. The normalized spacial score (nSPS) is 10.3. The third-order valence-electron chi connectivity index (χ3n) is 2.23. The van der Waals surface area contributed by atoms with Gasteiger partial charge in [0, 0.05) is 5.75 Å². The summed E-state index contributed by atoms with van der Waals surface area (Å²) >= 11 is 1.88. The van der Waals surface area contributed by atoms with Crippen LogP contribution in [0.5, 0.6) is 0 Å². The molecule has 0 amide bonds. The van der Waals surface area contributed by atoms with Crippen LogP contribution in [0.3, 0.4) is 0 Å². The molecule has 0 aromatic rings. The maximum atomic E-state index is 4.06. The first-order valence-corrected chi connectivity index (χ1v) is 6.86. The van der Waals surface area contributed by atoms with Gasteiger partial charge >= 0.3 is 0 Å². The second-order valence-electron chi connectivity index (χ2n) is 3.70. The molecule has 0 aliphatic rings. The van der Waals surface area contributed by atoms with Crippen molar-refractivity contribution in [3.05, 3.63) is 12.2 Å². The van der Waals surface area contributed by atoms with Crippen molar-refractivity contribution >= 4 is 11.8 Å². The molecular weight excluding hydrogens is 176 g/mol. The summed E-state index contributed by atoms with van der Waals surface area (Å²) in [7, 11) is 0. The number of hydrogen-bond acceptors (Lipinski definition) is 1. The van der Waals surface area contributed by atoms with Crippen LogP contribution in [0, 0.1) is 0 Å². The zero-order valence-electron chi connectivity index (χ0n) is 9.27. The van der Waals surface area contributed by atoms with E-state index in [4.69, 9.17) is 0 Å². The van der Waals surface area contributed by atoms with Crippen molar-refractivity contribution in [1.29, 1.82) is 0 Å². The number of unbranched alkanes of at least 4 members (excludes halogenated alkanes) is 5. The quantitative estimate of drug-likeness (QED) is 0.385. The fourth-order valence-corrected chi connectivity index (χ4v) is 1.98. The van der Waals surface area contributed by atoms with Crippen LogP contribution in [0.1, 0.15) is 51.9 Å². The summed E-state index contributed by atoms with van der Waals surface area (Å²) in [6.07, 6.45) is 11.7. The van der Waals surface area contributed by atoms with Gasteiger partial charge in [-0.25, -0.2) is 0 Å². The highest BCUT2D eigenvalue weighted by Crippen LogP contribution is 2.13. The molecule has 0 nitrogen and oxygen atoms in total. The van der Waals surface area contributed by atoms with Gasteiger partial charge in [-0.2, -0.15) is 11.8 Å². The van der Waals surface area contributed by atoms with Gasteiger partial charge in [0.15, 0.2) is 0 Å². The van der Waals surface area contributed by atoms with E-state index in [-0.39, 0.29) is 0 Å². The molecule has 0 aliphatic heterocycles. The van der Waals surface area contributed by atoms with Crippen LogP contribution in [0.25, 0.3) is 0 Å². The van der Waals surface area contributed by atoms with Crippen LogP contribution >= 0.6 is 11.8 Å². The second-order valence-corrected chi connectivity index (χ2v) is 4.57. The van der Waals surface area contributed by atoms with E-state index in [9.17, 15) is 0 Å². The van der Waals surface area contributed by atoms with Gasteiger partial charge in [0.2, 0.25) is 0 Å². The minimum atomic E-state index is 1.15. The Morgan fingerprint density at radius 2 is 1.69 bits per heavy atom. The molecule has 0 radical (unpaired) electrons. The van der Waals surface area contributed by atoms with Gasteiger partial charge in [0.05, 0.1) is 0 Å². The molecule has 0 spiro atoms. The first-order chi connectivity index (χ1) is 6.31. The lowest BCUT2D eigenvalue weighted by Crippen LogP contribution is -1.86. The van der Waals surface area contributed by atoms with Crippen molar-refractivity contribution in [2.75, 3.05) is 12.0 Å². The maximum absolute atomic E-state index is 4.06. The van der Waals surface area contributed by atoms with Crippen molar-refractivity contribution in [1.82, 2.24) is 0 Å². The summed E-state index contributed by atoms with van der Waals surface area (Å²) in [4.78, 5) is 0. The molecule has 0 saturated carbocycles. The van der Waals surface area contributed by atoms with E-state index in [2.05, 4.69) is 19.8 Å². The van der Waals surface area contributed by atoms with Crippen molar-refractivity contribution < 1.29 is 0 Å². The van der Waals surface area contributed by atoms with E-state index < -0.39 is 0 Å². The predicted octanol–water partition coefficient (Wildman–Crippen LogP) is 4.66. The lowest BCUT2D eigenvalue weighted by Gasteiger charge is -2.03. The third-order valence-corrected chi connectivity index (χ3v) is 2.93. The molecular formula is C12H24S. The Labute approximate surface area is 88.2 Å². The second kappa shape index (κ2) is 10.2. The van der Waals surface area contributed by atoms with Crippen molar-refractivity contribution in [3.8, 4) is 0 Å². The highest BCUT2D eigenvalue weighted by atomic mass is 32.2. The van der Waals surface area contributed by atoms with Gasteiger partial charge in [-0.1, -0.05) is 51.2 Å². The highest BCUT2D eigenvalue weighted by molar-refractivity contribution is 7.98. The Bertz CT molecular complexity index is 118. The van der Waals surface area contributed by atoms with Gasteiger partial charge in [-0.3, -0.25) is 0 Å². The van der Waals surface area contributed by atoms with Crippen LogP contribution in [-0.4, -0.2) is 12.0 Å².